The molecule has 0 bridgehead atoms. The molecule has 0 aliphatic rings. The van der Waals surface area contributed by atoms with Crippen molar-refractivity contribution in [1.82, 2.24) is 10.3 Å². The predicted octanol–water partition coefficient (Wildman–Crippen LogP) is 7.13. The van der Waals surface area contributed by atoms with Gasteiger partial charge in [0.05, 0.1) is 5.56 Å². The van der Waals surface area contributed by atoms with Gasteiger partial charge in [-0.05, 0) is 47.5 Å². The first-order valence-corrected chi connectivity index (χ1v) is 12.1. The number of nitrogens with one attached hydrogen (secondary N) is 1. The molecule has 0 saturated carbocycles. The summed E-state index contributed by atoms with van der Waals surface area (Å²) in [6.45, 7) is 4.77. The van der Waals surface area contributed by atoms with Gasteiger partial charge in [0.15, 0.2) is 0 Å². The monoisotopic (exact) mass is 522 g/mol. The number of phenols is 1. The molecule has 0 radical (unpaired) electrons. The second-order valence-electron chi connectivity index (χ2n) is 8.27. The van der Waals surface area contributed by atoms with Gasteiger partial charge in [0.25, 0.3) is 5.91 Å². The lowest BCUT2D eigenvalue weighted by Crippen LogP contribution is -2.23. The molecule has 0 unspecified atom stereocenters. The lowest BCUT2D eigenvalue weighted by Gasteiger charge is -2.16. The number of carbonyl (C=O) groups is 1. The Morgan fingerprint density at radius 1 is 0.947 bits per heavy atom. The number of para-hydroxylation sites is 1. The zero-order valence-corrected chi connectivity index (χ0v) is 21.3. The van der Waals surface area contributed by atoms with E-state index in [4.69, 9.17) is 4.74 Å². The summed E-state index contributed by atoms with van der Waals surface area (Å²) in [6, 6.07) is 20.7. The summed E-state index contributed by atoms with van der Waals surface area (Å²) >= 11 is 0. The second kappa shape index (κ2) is 12.8. The SMILES string of the molecule is CC.CC(F)(F)Oc1ccccc1Cc1ccc(C(=O)NCc2ccc(-c3ccc(F)cc3)cc2O)cn1. The number of alkyl halides is 2. The van der Waals surface area contributed by atoms with E-state index in [0.29, 0.717) is 29.3 Å². The third-order valence-corrected chi connectivity index (χ3v) is 5.42. The molecule has 4 rings (SSSR count). The number of nitrogens with zero attached hydrogens (tertiary/aromatic N) is 1. The summed E-state index contributed by atoms with van der Waals surface area (Å²) in [4.78, 5) is 16.8. The van der Waals surface area contributed by atoms with E-state index in [2.05, 4.69) is 10.3 Å². The number of phenolic OH excluding ortho intramolecular Hbond substituents is 1. The van der Waals surface area contributed by atoms with Crippen LogP contribution in [0.1, 0.15) is 48.0 Å². The minimum atomic E-state index is -3.30. The number of carbonyl (C=O) groups excluding carboxylic acids is 1. The van der Waals surface area contributed by atoms with E-state index in [1.165, 1.54) is 24.4 Å². The largest absolute Gasteiger partial charge is 0.508 e. The van der Waals surface area contributed by atoms with Crippen LogP contribution in [0.3, 0.4) is 0 Å². The van der Waals surface area contributed by atoms with Gasteiger partial charge in [0, 0.05) is 42.9 Å². The molecule has 8 heteroatoms. The van der Waals surface area contributed by atoms with E-state index < -0.39 is 6.11 Å². The Balaban J connectivity index is 0.00000195. The maximum absolute atomic E-state index is 13.3. The van der Waals surface area contributed by atoms with Crippen molar-refractivity contribution in [3.63, 3.8) is 0 Å². The van der Waals surface area contributed by atoms with Crippen LogP contribution in [-0.2, 0) is 13.0 Å². The Morgan fingerprint density at radius 2 is 1.63 bits per heavy atom. The summed E-state index contributed by atoms with van der Waals surface area (Å²) in [6.07, 6.45) is -1.65. The highest BCUT2D eigenvalue weighted by Crippen LogP contribution is 2.28. The van der Waals surface area contributed by atoms with Crippen LogP contribution >= 0.6 is 0 Å². The zero-order valence-electron chi connectivity index (χ0n) is 21.3. The van der Waals surface area contributed by atoms with Crippen molar-refractivity contribution < 1.29 is 27.8 Å². The average molecular weight is 523 g/mol. The van der Waals surface area contributed by atoms with Gasteiger partial charge < -0.3 is 15.2 Å². The van der Waals surface area contributed by atoms with E-state index in [1.807, 2.05) is 13.8 Å². The fourth-order valence-corrected chi connectivity index (χ4v) is 3.61. The average Bonchev–Trinajstić information content (AvgIpc) is 2.90. The van der Waals surface area contributed by atoms with Gasteiger partial charge in [-0.15, -0.1) is 0 Å². The normalized spacial score (nSPS) is 10.8. The lowest BCUT2D eigenvalue weighted by molar-refractivity contribution is -0.159. The number of amides is 1. The van der Waals surface area contributed by atoms with Crippen LogP contribution in [0.25, 0.3) is 11.1 Å². The molecule has 3 aromatic carbocycles. The Bertz CT molecular complexity index is 1350. The third kappa shape index (κ3) is 7.83. The van der Waals surface area contributed by atoms with E-state index in [1.54, 1.807) is 60.7 Å². The fourth-order valence-electron chi connectivity index (χ4n) is 3.61. The van der Waals surface area contributed by atoms with Crippen molar-refractivity contribution in [3.8, 4) is 22.6 Å². The number of hydrogen-bond donors (Lipinski definition) is 2. The van der Waals surface area contributed by atoms with Crippen molar-refractivity contribution in [2.45, 2.75) is 39.8 Å². The molecule has 198 valence electrons. The quantitative estimate of drug-likeness (QED) is 0.258. The van der Waals surface area contributed by atoms with Crippen molar-refractivity contribution in [2.24, 2.45) is 0 Å². The highest BCUT2D eigenvalue weighted by atomic mass is 19.3. The fraction of sp³-hybridized carbons (Fsp3) is 0.200. The van der Waals surface area contributed by atoms with Crippen LogP contribution < -0.4 is 10.1 Å². The van der Waals surface area contributed by atoms with Gasteiger partial charge in [-0.3, -0.25) is 9.78 Å². The number of rotatable bonds is 8. The molecular weight excluding hydrogens is 493 g/mol. The maximum atomic E-state index is 13.3. The van der Waals surface area contributed by atoms with Crippen molar-refractivity contribution in [3.05, 3.63) is 113 Å². The van der Waals surface area contributed by atoms with Crippen molar-refractivity contribution >= 4 is 5.91 Å². The van der Waals surface area contributed by atoms with Gasteiger partial charge in [-0.25, -0.2) is 4.39 Å². The standard InChI is InChI=1S/C28H23F3N2O3.C2H6/c1-28(30,31)36-26-5-3-2-4-20(26)14-24-13-10-22(17-32-24)27(35)33-16-21-7-6-19(15-25(21)34)18-8-11-23(29)12-9-18;1-2/h2-13,15,17,34H,14,16H2,1H3,(H,33,35);1-2H3. The third-order valence-electron chi connectivity index (χ3n) is 5.42. The van der Waals surface area contributed by atoms with E-state index >= 15 is 0 Å². The molecule has 0 spiro atoms. The Hall–Kier alpha value is -4.33. The number of halogens is 3. The Kier molecular flexibility index (Phi) is 9.49. The topological polar surface area (TPSA) is 71.5 Å². The number of aromatic hydroxyl groups is 1. The predicted molar refractivity (Wildman–Crippen MR) is 141 cm³/mol. The second-order valence-corrected chi connectivity index (χ2v) is 8.27. The van der Waals surface area contributed by atoms with E-state index in [0.717, 1.165) is 11.1 Å². The highest BCUT2D eigenvalue weighted by Gasteiger charge is 2.24. The molecule has 0 aliphatic heterocycles. The molecule has 0 saturated heterocycles. The van der Waals surface area contributed by atoms with Gasteiger partial charge in [-0.1, -0.05) is 56.3 Å². The molecule has 0 aliphatic carbocycles. The highest BCUT2D eigenvalue weighted by molar-refractivity contribution is 5.93. The summed E-state index contributed by atoms with van der Waals surface area (Å²) in [5.74, 6) is -0.654. The molecular formula is C30H29F3N2O3. The number of aromatic nitrogens is 1. The molecule has 38 heavy (non-hydrogen) atoms. The first-order chi connectivity index (χ1) is 18.2. The number of hydrogen-bond acceptors (Lipinski definition) is 4. The molecule has 5 nitrogen and oxygen atoms in total. The summed E-state index contributed by atoms with van der Waals surface area (Å²) in [5.41, 5.74) is 3.43. The number of pyridine rings is 1. The van der Waals surface area contributed by atoms with Crippen molar-refractivity contribution in [1.29, 1.82) is 0 Å². The number of benzene rings is 3. The van der Waals surface area contributed by atoms with Crippen LogP contribution in [0.4, 0.5) is 13.2 Å². The molecule has 2 N–H and O–H groups in total. The molecule has 1 aromatic heterocycles. The Labute approximate surface area is 219 Å². The molecule has 0 fully saturated rings. The van der Waals surface area contributed by atoms with Gasteiger partial charge in [0.1, 0.15) is 17.3 Å². The summed E-state index contributed by atoms with van der Waals surface area (Å²) < 4.78 is 44.4. The van der Waals surface area contributed by atoms with Crippen LogP contribution in [0, 0.1) is 5.82 Å². The summed E-state index contributed by atoms with van der Waals surface area (Å²) in [5, 5.41) is 13.1. The maximum Gasteiger partial charge on any atom is 0.394 e. The van der Waals surface area contributed by atoms with Crippen LogP contribution in [0.15, 0.2) is 85.1 Å². The van der Waals surface area contributed by atoms with Crippen LogP contribution in [-0.4, -0.2) is 22.1 Å². The van der Waals surface area contributed by atoms with E-state index in [9.17, 15) is 23.1 Å². The first kappa shape index (κ1) is 28.2. The first-order valence-electron chi connectivity index (χ1n) is 12.1. The molecule has 4 aromatic rings. The molecule has 1 amide bonds. The smallest absolute Gasteiger partial charge is 0.394 e. The Morgan fingerprint density at radius 3 is 2.26 bits per heavy atom. The van der Waals surface area contributed by atoms with E-state index in [-0.39, 0.29) is 36.2 Å². The minimum Gasteiger partial charge on any atom is -0.508 e. The summed E-state index contributed by atoms with van der Waals surface area (Å²) in [7, 11) is 0. The number of ether oxygens (including phenoxy) is 1. The minimum absolute atomic E-state index is 0.00383. The molecule has 1 heterocycles. The van der Waals surface area contributed by atoms with Crippen LogP contribution in [0.5, 0.6) is 11.5 Å². The van der Waals surface area contributed by atoms with Gasteiger partial charge in [0.2, 0.25) is 0 Å². The molecule has 0 atom stereocenters. The van der Waals surface area contributed by atoms with Gasteiger partial charge >= 0.3 is 6.11 Å². The van der Waals surface area contributed by atoms with Crippen LogP contribution in [0.2, 0.25) is 0 Å². The zero-order chi connectivity index (χ0) is 27.7. The lowest BCUT2D eigenvalue weighted by atomic mass is 10.0. The van der Waals surface area contributed by atoms with Gasteiger partial charge in [-0.2, -0.15) is 8.78 Å². The van der Waals surface area contributed by atoms with Crippen molar-refractivity contribution in [2.75, 3.05) is 0 Å².